The first-order valence-electron chi connectivity index (χ1n) is 9.86. The van der Waals surface area contributed by atoms with Crippen molar-refractivity contribution in [2.75, 3.05) is 16.8 Å². The number of benzene rings is 1. The van der Waals surface area contributed by atoms with Gasteiger partial charge in [-0.2, -0.15) is 0 Å². The van der Waals surface area contributed by atoms with Gasteiger partial charge in [0.25, 0.3) is 0 Å². The van der Waals surface area contributed by atoms with Gasteiger partial charge >= 0.3 is 0 Å². The third-order valence-corrected chi connectivity index (χ3v) is 7.89. The van der Waals surface area contributed by atoms with E-state index in [1.54, 1.807) is 0 Å². The molecule has 26 heavy (non-hydrogen) atoms. The van der Waals surface area contributed by atoms with Gasteiger partial charge in [0, 0.05) is 28.7 Å². The molecule has 5 fully saturated rings. The Bertz CT molecular complexity index is 763. The number of alkyl halides is 1. The summed E-state index contributed by atoms with van der Waals surface area (Å²) in [5.41, 5.74) is 1.49. The summed E-state index contributed by atoms with van der Waals surface area (Å²) in [5, 5.41) is 3.20. The number of nitrogens with one attached hydrogen (secondary N) is 1. The monoisotopic (exact) mass is 416 g/mol. The molecule has 0 radical (unpaired) electrons. The van der Waals surface area contributed by atoms with Crippen LogP contribution in [0.1, 0.15) is 51.4 Å². The molecule has 1 aliphatic heterocycles. The first-order valence-corrected chi connectivity index (χ1v) is 10.6. The Morgan fingerprint density at radius 1 is 1.19 bits per heavy atom. The van der Waals surface area contributed by atoms with Crippen molar-refractivity contribution in [2.24, 2.45) is 17.3 Å². The molecular formula is C21H25BrN2O2. The van der Waals surface area contributed by atoms with Gasteiger partial charge < -0.3 is 10.2 Å². The number of rotatable bonds is 3. The summed E-state index contributed by atoms with van der Waals surface area (Å²) in [6.07, 6.45) is 8.32. The third kappa shape index (κ3) is 2.70. The van der Waals surface area contributed by atoms with E-state index in [2.05, 4.69) is 21.2 Å². The Kier molecular flexibility index (Phi) is 3.76. The Labute approximate surface area is 162 Å². The molecule has 1 saturated heterocycles. The lowest BCUT2D eigenvalue weighted by molar-refractivity contribution is -0.138. The summed E-state index contributed by atoms with van der Waals surface area (Å²) in [6, 6.07) is 7.77. The maximum Gasteiger partial charge on any atom is 0.230 e. The minimum absolute atomic E-state index is 0.177. The first-order chi connectivity index (χ1) is 12.4. The van der Waals surface area contributed by atoms with Crippen LogP contribution in [0.4, 0.5) is 11.4 Å². The van der Waals surface area contributed by atoms with Crippen molar-refractivity contribution in [3.63, 3.8) is 0 Å². The lowest BCUT2D eigenvalue weighted by Gasteiger charge is -2.59. The van der Waals surface area contributed by atoms with E-state index in [4.69, 9.17) is 0 Å². The van der Waals surface area contributed by atoms with Crippen molar-refractivity contribution in [2.45, 2.75) is 55.7 Å². The van der Waals surface area contributed by atoms with E-state index in [9.17, 15) is 9.59 Å². The number of anilines is 2. The average molecular weight is 417 g/mol. The molecule has 4 nitrogen and oxygen atoms in total. The molecule has 0 aromatic heterocycles. The predicted molar refractivity (Wildman–Crippen MR) is 105 cm³/mol. The summed E-state index contributed by atoms with van der Waals surface area (Å²) in [6.45, 7) is 0.773. The molecule has 4 saturated carbocycles. The van der Waals surface area contributed by atoms with E-state index in [1.165, 1.54) is 19.3 Å². The summed E-state index contributed by atoms with van der Waals surface area (Å²) in [5.74, 6) is 1.74. The van der Waals surface area contributed by atoms with Crippen LogP contribution in [-0.2, 0) is 9.59 Å². The number of halogens is 1. The fourth-order valence-corrected chi connectivity index (χ4v) is 7.81. The zero-order chi connectivity index (χ0) is 17.9. The molecule has 4 aliphatic carbocycles. The quantitative estimate of drug-likeness (QED) is 0.737. The van der Waals surface area contributed by atoms with Gasteiger partial charge in [0.2, 0.25) is 11.8 Å². The Morgan fingerprint density at radius 3 is 2.62 bits per heavy atom. The molecular weight excluding hydrogens is 392 g/mol. The number of nitrogens with zero attached hydrogens (tertiary/aromatic N) is 1. The highest BCUT2D eigenvalue weighted by atomic mass is 79.9. The van der Waals surface area contributed by atoms with E-state index in [1.807, 2.05) is 29.2 Å². The largest absolute Gasteiger partial charge is 0.326 e. The van der Waals surface area contributed by atoms with Gasteiger partial charge in [-0.05, 0) is 75.0 Å². The number of amides is 2. The number of hydrogen-bond acceptors (Lipinski definition) is 2. The standard InChI is InChI=1S/C21H25BrN2O2/c22-21-11-14-7-15(12-21)10-20(9-14,13-21)19(26)23-16-3-1-4-17(8-16)24-6-2-5-18(24)25/h1,3-4,8,14-15H,2,5-7,9-13H2,(H,23,26). The molecule has 1 N–H and O–H groups in total. The smallest absolute Gasteiger partial charge is 0.230 e. The van der Waals surface area contributed by atoms with E-state index in [0.29, 0.717) is 18.3 Å². The summed E-state index contributed by atoms with van der Waals surface area (Å²) in [4.78, 5) is 27.1. The van der Waals surface area contributed by atoms with Crippen molar-refractivity contribution in [1.82, 2.24) is 0 Å². The van der Waals surface area contributed by atoms with Gasteiger partial charge in [0.1, 0.15) is 0 Å². The Balaban J connectivity index is 1.37. The SMILES string of the molecule is O=C1CCCN1c1cccc(NC(=O)C23CC4CC(CC(Br)(C4)C2)C3)c1. The van der Waals surface area contributed by atoms with Gasteiger partial charge in [0.05, 0.1) is 5.41 Å². The van der Waals surface area contributed by atoms with Crippen molar-refractivity contribution in [3.8, 4) is 0 Å². The van der Waals surface area contributed by atoms with E-state index >= 15 is 0 Å². The van der Waals surface area contributed by atoms with Crippen LogP contribution in [0.2, 0.25) is 0 Å². The molecule has 5 aliphatic rings. The second-order valence-electron chi connectivity index (χ2n) is 9.05. The van der Waals surface area contributed by atoms with Crippen LogP contribution in [0.15, 0.2) is 24.3 Å². The van der Waals surface area contributed by atoms with Gasteiger partial charge in [0.15, 0.2) is 0 Å². The topological polar surface area (TPSA) is 49.4 Å². The molecule has 2 amide bonds. The molecule has 0 spiro atoms. The molecule has 4 bridgehead atoms. The van der Waals surface area contributed by atoms with Gasteiger partial charge in [-0.15, -0.1) is 0 Å². The van der Waals surface area contributed by atoms with E-state index in [-0.39, 0.29) is 21.6 Å². The van der Waals surface area contributed by atoms with Crippen molar-refractivity contribution >= 4 is 39.1 Å². The molecule has 5 heteroatoms. The second kappa shape index (κ2) is 5.82. The number of carbonyl (C=O) groups is 2. The maximum absolute atomic E-state index is 13.3. The second-order valence-corrected chi connectivity index (χ2v) is 10.7. The molecule has 1 heterocycles. The van der Waals surface area contributed by atoms with Crippen LogP contribution in [-0.4, -0.2) is 22.7 Å². The van der Waals surface area contributed by atoms with Crippen LogP contribution in [0.3, 0.4) is 0 Å². The highest BCUT2D eigenvalue weighted by molar-refractivity contribution is 9.10. The van der Waals surface area contributed by atoms with Crippen LogP contribution < -0.4 is 10.2 Å². The van der Waals surface area contributed by atoms with Crippen LogP contribution in [0.5, 0.6) is 0 Å². The maximum atomic E-state index is 13.3. The number of carbonyl (C=O) groups excluding carboxylic acids is 2. The summed E-state index contributed by atoms with van der Waals surface area (Å²) in [7, 11) is 0. The Morgan fingerprint density at radius 2 is 1.96 bits per heavy atom. The molecule has 1 aromatic carbocycles. The van der Waals surface area contributed by atoms with Crippen LogP contribution in [0.25, 0.3) is 0 Å². The molecule has 2 atom stereocenters. The molecule has 2 unspecified atom stereocenters. The summed E-state index contributed by atoms with van der Waals surface area (Å²) < 4.78 is 0.179. The minimum Gasteiger partial charge on any atom is -0.326 e. The average Bonchev–Trinajstić information content (AvgIpc) is 2.99. The molecule has 6 rings (SSSR count). The highest BCUT2D eigenvalue weighted by Crippen LogP contribution is 2.64. The highest BCUT2D eigenvalue weighted by Gasteiger charge is 2.59. The number of hydrogen-bond donors (Lipinski definition) is 1. The lowest BCUT2D eigenvalue weighted by Crippen LogP contribution is -2.57. The minimum atomic E-state index is -0.215. The van der Waals surface area contributed by atoms with Gasteiger partial charge in [-0.25, -0.2) is 0 Å². The van der Waals surface area contributed by atoms with Crippen LogP contribution >= 0.6 is 15.9 Å². The van der Waals surface area contributed by atoms with E-state index < -0.39 is 0 Å². The van der Waals surface area contributed by atoms with Crippen molar-refractivity contribution in [1.29, 1.82) is 0 Å². The Hall–Kier alpha value is -1.36. The van der Waals surface area contributed by atoms with Gasteiger partial charge in [-0.1, -0.05) is 22.0 Å². The van der Waals surface area contributed by atoms with Crippen LogP contribution in [0, 0.1) is 17.3 Å². The normalized spacial score (nSPS) is 38.0. The summed E-state index contributed by atoms with van der Waals surface area (Å²) >= 11 is 3.99. The fourth-order valence-electron chi connectivity index (χ4n) is 6.35. The van der Waals surface area contributed by atoms with E-state index in [0.717, 1.165) is 43.6 Å². The van der Waals surface area contributed by atoms with Crippen molar-refractivity contribution in [3.05, 3.63) is 24.3 Å². The molecule has 1 aromatic rings. The fraction of sp³-hybridized carbons (Fsp3) is 0.619. The van der Waals surface area contributed by atoms with Crippen molar-refractivity contribution < 1.29 is 9.59 Å². The zero-order valence-corrected chi connectivity index (χ0v) is 16.6. The van der Waals surface area contributed by atoms with Gasteiger partial charge in [-0.3, -0.25) is 9.59 Å². The zero-order valence-electron chi connectivity index (χ0n) is 15.0. The molecule has 138 valence electrons. The lowest BCUT2D eigenvalue weighted by atomic mass is 9.49. The first kappa shape index (κ1) is 16.8. The third-order valence-electron chi connectivity index (χ3n) is 6.96. The predicted octanol–water partition coefficient (Wildman–Crippen LogP) is 4.49.